The number of allylic oxidation sites excluding steroid dienone is 2. The molecule has 0 aliphatic carbocycles. The highest BCUT2D eigenvalue weighted by molar-refractivity contribution is 5.49. The molecule has 1 aromatic carbocycles. The molecule has 0 bridgehead atoms. The summed E-state index contributed by atoms with van der Waals surface area (Å²) in [4.78, 5) is 0. The molecule has 0 radical (unpaired) electrons. The van der Waals surface area contributed by atoms with Gasteiger partial charge in [-0.2, -0.15) is 0 Å². The molecule has 0 saturated heterocycles. The zero-order valence-corrected chi connectivity index (χ0v) is 14.9. The van der Waals surface area contributed by atoms with Crippen molar-refractivity contribution in [3.05, 3.63) is 41.0 Å². The third kappa shape index (κ3) is 4.62. The summed E-state index contributed by atoms with van der Waals surface area (Å²) in [6.07, 6.45) is 6.63. The summed E-state index contributed by atoms with van der Waals surface area (Å²) in [6.45, 7) is 16.1. The van der Waals surface area contributed by atoms with Crippen molar-refractivity contribution >= 4 is 0 Å². The van der Waals surface area contributed by atoms with Gasteiger partial charge < -0.3 is 4.74 Å². The number of rotatable bonds is 6. The maximum absolute atomic E-state index is 6.09. The summed E-state index contributed by atoms with van der Waals surface area (Å²) >= 11 is 0. The largest absolute Gasteiger partial charge is 0.493 e. The molecule has 1 rings (SSSR count). The zero-order valence-electron chi connectivity index (χ0n) is 14.9. The van der Waals surface area contributed by atoms with E-state index >= 15 is 0 Å². The summed E-state index contributed by atoms with van der Waals surface area (Å²) in [5.74, 6) is 1.65. The molecule has 0 saturated carbocycles. The van der Waals surface area contributed by atoms with Crippen LogP contribution in [0.3, 0.4) is 0 Å². The fourth-order valence-corrected chi connectivity index (χ4v) is 2.78. The van der Waals surface area contributed by atoms with Crippen LogP contribution in [0.2, 0.25) is 0 Å². The third-order valence-electron chi connectivity index (χ3n) is 3.95. The van der Waals surface area contributed by atoms with Gasteiger partial charge >= 0.3 is 0 Å². The Labute approximate surface area is 131 Å². The third-order valence-corrected chi connectivity index (χ3v) is 3.95. The van der Waals surface area contributed by atoms with Crippen molar-refractivity contribution in [1.82, 2.24) is 0 Å². The van der Waals surface area contributed by atoms with Crippen LogP contribution in [0.15, 0.2) is 24.3 Å². The Morgan fingerprint density at radius 3 is 2.33 bits per heavy atom. The molecule has 0 heterocycles. The second kappa shape index (κ2) is 7.68. The molecule has 1 atom stereocenters. The van der Waals surface area contributed by atoms with Crippen LogP contribution >= 0.6 is 0 Å². The monoisotopic (exact) mass is 288 g/mol. The minimum atomic E-state index is 0.101. The van der Waals surface area contributed by atoms with Crippen LogP contribution in [-0.2, 0) is 5.41 Å². The Hall–Kier alpha value is -1.24. The lowest BCUT2D eigenvalue weighted by Gasteiger charge is -2.28. The average Bonchev–Trinajstić information content (AvgIpc) is 2.41. The molecule has 118 valence electrons. The molecule has 0 amide bonds. The first-order valence-electron chi connectivity index (χ1n) is 8.24. The van der Waals surface area contributed by atoms with E-state index in [9.17, 15) is 0 Å². The highest BCUT2D eigenvalue weighted by Crippen LogP contribution is 2.40. The van der Waals surface area contributed by atoms with Crippen molar-refractivity contribution in [2.24, 2.45) is 0 Å². The standard InChI is InChI=1S/C20H32O/c1-8-11-12-16(9-2)17-13-15(4)14-18(20(5,6)7)19(17)21-10-3/h8,11,13-14,16H,9-10,12H2,1-7H3/b11-8-. The molecule has 0 aliphatic rings. The van der Waals surface area contributed by atoms with E-state index in [1.165, 1.54) is 16.7 Å². The summed E-state index contributed by atoms with van der Waals surface area (Å²) in [6, 6.07) is 4.61. The van der Waals surface area contributed by atoms with E-state index in [0.717, 1.165) is 25.2 Å². The maximum atomic E-state index is 6.09. The first-order chi connectivity index (χ1) is 9.85. The van der Waals surface area contributed by atoms with Gasteiger partial charge in [0.2, 0.25) is 0 Å². The maximum Gasteiger partial charge on any atom is 0.126 e. The average molecular weight is 288 g/mol. The molecule has 0 N–H and O–H groups in total. The molecule has 1 heteroatoms. The second-order valence-corrected chi connectivity index (χ2v) is 6.82. The summed E-state index contributed by atoms with van der Waals surface area (Å²) in [7, 11) is 0. The van der Waals surface area contributed by atoms with Crippen LogP contribution in [0, 0.1) is 6.92 Å². The van der Waals surface area contributed by atoms with Gasteiger partial charge in [0.25, 0.3) is 0 Å². The Balaban J connectivity index is 3.44. The van der Waals surface area contributed by atoms with Gasteiger partial charge in [0.05, 0.1) is 6.61 Å². The van der Waals surface area contributed by atoms with Gasteiger partial charge in [0.15, 0.2) is 0 Å². The van der Waals surface area contributed by atoms with Gasteiger partial charge in [-0.25, -0.2) is 0 Å². The van der Waals surface area contributed by atoms with E-state index in [1.54, 1.807) is 0 Å². The molecule has 0 spiro atoms. The van der Waals surface area contributed by atoms with E-state index < -0.39 is 0 Å². The molecular weight excluding hydrogens is 256 g/mol. The van der Waals surface area contributed by atoms with E-state index in [2.05, 4.69) is 72.8 Å². The van der Waals surface area contributed by atoms with Crippen molar-refractivity contribution in [1.29, 1.82) is 0 Å². The van der Waals surface area contributed by atoms with Gasteiger partial charge in [0, 0.05) is 5.56 Å². The van der Waals surface area contributed by atoms with Crippen molar-refractivity contribution in [3.8, 4) is 5.75 Å². The lowest BCUT2D eigenvalue weighted by Crippen LogP contribution is -2.16. The molecule has 1 nitrogen and oxygen atoms in total. The van der Waals surface area contributed by atoms with E-state index in [4.69, 9.17) is 4.74 Å². The smallest absolute Gasteiger partial charge is 0.126 e. The van der Waals surface area contributed by atoms with Gasteiger partial charge in [-0.3, -0.25) is 0 Å². The summed E-state index contributed by atoms with van der Waals surface area (Å²) in [5.41, 5.74) is 4.14. The first kappa shape index (κ1) is 17.8. The minimum absolute atomic E-state index is 0.101. The lowest BCUT2D eigenvalue weighted by molar-refractivity contribution is 0.323. The second-order valence-electron chi connectivity index (χ2n) is 6.82. The van der Waals surface area contributed by atoms with Crippen LogP contribution < -0.4 is 4.74 Å². The topological polar surface area (TPSA) is 9.23 Å². The lowest BCUT2D eigenvalue weighted by atomic mass is 9.81. The predicted molar refractivity (Wildman–Crippen MR) is 93.5 cm³/mol. The zero-order chi connectivity index (χ0) is 16.0. The summed E-state index contributed by atoms with van der Waals surface area (Å²) < 4.78 is 6.09. The van der Waals surface area contributed by atoms with E-state index in [0.29, 0.717) is 5.92 Å². The molecule has 0 aromatic heterocycles. The van der Waals surface area contributed by atoms with E-state index in [-0.39, 0.29) is 5.41 Å². The van der Waals surface area contributed by atoms with Crippen molar-refractivity contribution in [3.63, 3.8) is 0 Å². The fraction of sp³-hybridized carbons (Fsp3) is 0.600. The van der Waals surface area contributed by atoms with E-state index in [1.807, 2.05) is 0 Å². The van der Waals surface area contributed by atoms with Crippen molar-refractivity contribution < 1.29 is 4.74 Å². The summed E-state index contributed by atoms with van der Waals surface area (Å²) in [5, 5.41) is 0. The van der Waals surface area contributed by atoms with Crippen LogP contribution in [0.4, 0.5) is 0 Å². The van der Waals surface area contributed by atoms with Crippen molar-refractivity contribution in [2.75, 3.05) is 6.61 Å². The Morgan fingerprint density at radius 1 is 1.19 bits per heavy atom. The Kier molecular flexibility index (Phi) is 6.51. The van der Waals surface area contributed by atoms with Crippen LogP contribution in [0.1, 0.15) is 77.0 Å². The number of ether oxygens (including phenoxy) is 1. The first-order valence-corrected chi connectivity index (χ1v) is 8.24. The minimum Gasteiger partial charge on any atom is -0.493 e. The number of hydrogen-bond donors (Lipinski definition) is 0. The highest BCUT2D eigenvalue weighted by atomic mass is 16.5. The van der Waals surface area contributed by atoms with Gasteiger partial charge in [-0.1, -0.05) is 57.5 Å². The molecule has 1 unspecified atom stereocenters. The quantitative estimate of drug-likeness (QED) is 0.570. The van der Waals surface area contributed by atoms with Gasteiger partial charge in [-0.15, -0.1) is 0 Å². The Bertz CT molecular complexity index is 477. The van der Waals surface area contributed by atoms with Crippen LogP contribution in [0.5, 0.6) is 5.75 Å². The highest BCUT2D eigenvalue weighted by Gasteiger charge is 2.24. The SMILES string of the molecule is C/C=C\CC(CC)c1cc(C)cc(C(C)(C)C)c1OCC. The molecule has 21 heavy (non-hydrogen) atoms. The van der Waals surface area contributed by atoms with Gasteiger partial charge in [0.1, 0.15) is 5.75 Å². The fourth-order valence-electron chi connectivity index (χ4n) is 2.78. The van der Waals surface area contributed by atoms with Crippen LogP contribution in [0.25, 0.3) is 0 Å². The number of aryl methyl sites for hydroxylation is 1. The number of benzene rings is 1. The molecular formula is C20H32O. The number of hydrogen-bond acceptors (Lipinski definition) is 1. The van der Waals surface area contributed by atoms with Crippen molar-refractivity contribution in [2.45, 2.75) is 72.6 Å². The Morgan fingerprint density at radius 2 is 1.86 bits per heavy atom. The predicted octanol–water partition coefficient (Wildman–Crippen LogP) is 6.15. The molecule has 0 aliphatic heterocycles. The molecule has 1 aromatic rings. The van der Waals surface area contributed by atoms with Crippen LogP contribution in [-0.4, -0.2) is 6.61 Å². The molecule has 0 fully saturated rings. The normalized spacial score (nSPS) is 13.7. The van der Waals surface area contributed by atoms with Gasteiger partial charge in [-0.05, 0) is 50.5 Å².